The monoisotopic (exact) mass is 435 g/mol. The van der Waals surface area contributed by atoms with E-state index >= 15 is 0 Å². The van der Waals surface area contributed by atoms with Crippen LogP contribution in [0.3, 0.4) is 0 Å². The Bertz CT molecular complexity index is 1100. The van der Waals surface area contributed by atoms with E-state index in [-0.39, 0.29) is 18.4 Å². The topological polar surface area (TPSA) is 85.6 Å². The number of anilines is 2. The summed E-state index contributed by atoms with van der Waals surface area (Å²) in [5, 5.41) is 20.2. The van der Waals surface area contributed by atoms with Crippen LogP contribution in [0.25, 0.3) is 11.4 Å². The predicted octanol–water partition coefficient (Wildman–Crippen LogP) is 3.28. The van der Waals surface area contributed by atoms with Crippen LogP contribution in [0.5, 0.6) is 5.75 Å². The van der Waals surface area contributed by atoms with Crippen molar-refractivity contribution in [2.75, 3.05) is 36.0 Å². The summed E-state index contributed by atoms with van der Waals surface area (Å²) in [6, 6.07) is 14.7. The molecule has 8 heteroatoms. The zero-order valence-electron chi connectivity index (χ0n) is 17.7. The highest BCUT2D eigenvalue weighted by atomic mass is 19.1. The number of aromatic hydroxyl groups is 1. The van der Waals surface area contributed by atoms with Gasteiger partial charge in [0.05, 0.1) is 12.6 Å². The van der Waals surface area contributed by atoms with E-state index in [1.54, 1.807) is 18.2 Å². The fourth-order valence-corrected chi connectivity index (χ4v) is 4.53. The van der Waals surface area contributed by atoms with Crippen LogP contribution >= 0.6 is 0 Å². The minimum Gasteiger partial charge on any atom is -0.508 e. The number of fused-ring (bicyclic) bond motifs is 1. The van der Waals surface area contributed by atoms with Crippen molar-refractivity contribution in [3.05, 3.63) is 59.7 Å². The van der Waals surface area contributed by atoms with Gasteiger partial charge in [-0.1, -0.05) is 36.4 Å². The third kappa shape index (κ3) is 3.98. The highest BCUT2D eigenvalue weighted by Gasteiger charge is 2.30. The minimum atomic E-state index is -0.796. The van der Waals surface area contributed by atoms with Crippen LogP contribution in [-0.2, 0) is 6.42 Å². The molecule has 32 heavy (non-hydrogen) atoms. The molecule has 2 aliphatic rings. The van der Waals surface area contributed by atoms with Gasteiger partial charge in [-0.3, -0.25) is 0 Å². The summed E-state index contributed by atoms with van der Waals surface area (Å²) in [6.07, 6.45) is 0.913. The van der Waals surface area contributed by atoms with E-state index in [1.807, 2.05) is 34.1 Å². The number of piperidine rings is 1. The van der Waals surface area contributed by atoms with Gasteiger partial charge in [0.2, 0.25) is 11.9 Å². The summed E-state index contributed by atoms with van der Waals surface area (Å²) in [7, 11) is 0. The Labute approximate surface area is 186 Å². The van der Waals surface area contributed by atoms with E-state index in [2.05, 4.69) is 11.1 Å². The molecule has 0 amide bonds. The molecule has 3 heterocycles. The van der Waals surface area contributed by atoms with Crippen LogP contribution in [0.4, 0.5) is 16.3 Å². The van der Waals surface area contributed by atoms with E-state index in [0.29, 0.717) is 55.8 Å². The largest absolute Gasteiger partial charge is 0.508 e. The minimum absolute atomic E-state index is 0.0628. The molecule has 1 saturated heterocycles. The number of phenolic OH excluding ortho intramolecular Hbond substituents is 1. The maximum Gasteiger partial charge on any atom is 0.231 e. The van der Waals surface area contributed by atoms with Crippen molar-refractivity contribution < 1.29 is 14.6 Å². The Balaban J connectivity index is 1.58. The second-order valence-electron chi connectivity index (χ2n) is 8.31. The van der Waals surface area contributed by atoms with E-state index in [0.717, 1.165) is 12.0 Å². The van der Waals surface area contributed by atoms with Crippen LogP contribution in [0, 0.1) is 0 Å². The van der Waals surface area contributed by atoms with Crippen molar-refractivity contribution in [2.45, 2.75) is 31.5 Å². The van der Waals surface area contributed by atoms with Crippen molar-refractivity contribution in [1.82, 2.24) is 15.0 Å². The standard InChI is InChI=1S/C24H26FN5O2/c25-18-9-11-29(12-10-18)23-26-22(17-5-3-6-19(32)14-17)27-24(28-23)30-13-8-16-4-1-2-7-20(16)21(30)15-31/h1-7,14,18,21,31-32H,8-13,15H2. The molecule has 0 saturated carbocycles. The smallest absolute Gasteiger partial charge is 0.231 e. The fraction of sp³-hybridized carbons (Fsp3) is 0.375. The van der Waals surface area contributed by atoms with Gasteiger partial charge < -0.3 is 20.0 Å². The van der Waals surface area contributed by atoms with Crippen LogP contribution in [-0.4, -0.2) is 57.6 Å². The van der Waals surface area contributed by atoms with Gasteiger partial charge in [-0.25, -0.2) is 4.39 Å². The summed E-state index contributed by atoms with van der Waals surface area (Å²) in [4.78, 5) is 18.2. The molecule has 2 aliphatic heterocycles. The number of halogens is 1. The van der Waals surface area contributed by atoms with Crippen LogP contribution < -0.4 is 9.80 Å². The number of benzene rings is 2. The van der Waals surface area contributed by atoms with Crippen molar-refractivity contribution in [3.63, 3.8) is 0 Å². The lowest BCUT2D eigenvalue weighted by Crippen LogP contribution is -2.40. The Morgan fingerprint density at radius 1 is 0.938 bits per heavy atom. The Kier molecular flexibility index (Phi) is 5.61. The highest BCUT2D eigenvalue weighted by molar-refractivity contribution is 5.61. The van der Waals surface area contributed by atoms with Gasteiger partial charge in [0.25, 0.3) is 0 Å². The third-order valence-electron chi connectivity index (χ3n) is 6.27. The molecule has 0 bridgehead atoms. The quantitative estimate of drug-likeness (QED) is 0.651. The van der Waals surface area contributed by atoms with E-state index in [4.69, 9.17) is 9.97 Å². The number of hydrogen-bond acceptors (Lipinski definition) is 7. The molecule has 2 aromatic carbocycles. The van der Waals surface area contributed by atoms with E-state index < -0.39 is 6.17 Å². The number of aromatic nitrogens is 3. The second-order valence-corrected chi connectivity index (χ2v) is 8.31. The molecule has 1 aromatic heterocycles. The van der Waals surface area contributed by atoms with Crippen LogP contribution in [0.1, 0.15) is 30.0 Å². The van der Waals surface area contributed by atoms with Gasteiger partial charge in [-0.05, 0) is 42.5 Å². The van der Waals surface area contributed by atoms with Gasteiger partial charge in [0.15, 0.2) is 5.82 Å². The normalized spacial score (nSPS) is 19.1. The zero-order valence-corrected chi connectivity index (χ0v) is 17.7. The molecule has 1 fully saturated rings. The first-order valence-electron chi connectivity index (χ1n) is 11.0. The van der Waals surface area contributed by atoms with Gasteiger partial charge >= 0.3 is 0 Å². The second kappa shape index (κ2) is 8.70. The Morgan fingerprint density at radius 2 is 1.72 bits per heavy atom. The van der Waals surface area contributed by atoms with Crippen LogP contribution in [0.15, 0.2) is 48.5 Å². The molecule has 2 N–H and O–H groups in total. The summed E-state index contributed by atoms with van der Waals surface area (Å²) in [5.74, 6) is 1.54. The molecule has 3 aromatic rings. The van der Waals surface area contributed by atoms with Gasteiger partial charge in [-0.2, -0.15) is 15.0 Å². The van der Waals surface area contributed by atoms with Crippen molar-refractivity contribution in [3.8, 4) is 17.1 Å². The number of alkyl halides is 1. The Hall–Kier alpha value is -3.26. The zero-order chi connectivity index (χ0) is 22.1. The molecule has 1 atom stereocenters. The average molecular weight is 436 g/mol. The summed E-state index contributed by atoms with van der Waals surface area (Å²) < 4.78 is 13.7. The maximum atomic E-state index is 13.7. The molecule has 166 valence electrons. The molecule has 0 aliphatic carbocycles. The number of aliphatic hydroxyl groups excluding tert-OH is 1. The van der Waals surface area contributed by atoms with Gasteiger partial charge in [0, 0.05) is 25.2 Å². The number of aliphatic hydroxyl groups is 1. The first-order chi connectivity index (χ1) is 15.6. The third-order valence-corrected chi connectivity index (χ3v) is 6.27. The summed E-state index contributed by atoms with van der Waals surface area (Å²) >= 11 is 0. The summed E-state index contributed by atoms with van der Waals surface area (Å²) in [6.45, 7) is 1.68. The Morgan fingerprint density at radius 3 is 2.50 bits per heavy atom. The van der Waals surface area contributed by atoms with Crippen molar-refractivity contribution in [2.24, 2.45) is 0 Å². The first kappa shape index (κ1) is 20.6. The predicted molar refractivity (Wildman–Crippen MR) is 121 cm³/mol. The summed E-state index contributed by atoms with van der Waals surface area (Å²) in [5.41, 5.74) is 2.96. The first-order valence-corrected chi connectivity index (χ1v) is 11.0. The lowest BCUT2D eigenvalue weighted by molar-refractivity contribution is 0.255. The van der Waals surface area contributed by atoms with Gasteiger partial charge in [0.1, 0.15) is 11.9 Å². The molecule has 5 rings (SSSR count). The van der Waals surface area contributed by atoms with Gasteiger partial charge in [-0.15, -0.1) is 0 Å². The molecule has 1 unspecified atom stereocenters. The number of nitrogens with zero attached hydrogens (tertiary/aromatic N) is 5. The average Bonchev–Trinajstić information content (AvgIpc) is 2.83. The maximum absolute atomic E-state index is 13.7. The van der Waals surface area contributed by atoms with E-state index in [9.17, 15) is 14.6 Å². The van der Waals surface area contributed by atoms with Crippen molar-refractivity contribution >= 4 is 11.9 Å². The lowest BCUT2D eigenvalue weighted by atomic mass is 9.93. The molecule has 0 spiro atoms. The molecular weight excluding hydrogens is 409 g/mol. The lowest BCUT2D eigenvalue weighted by Gasteiger charge is -2.37. The number of hydrogen-bond donors (Lipinski definition) is 2. The molecular formula is C24H26FN5O2. The molecule has 0 radical (unpaired) electrons. The number of rotatable bonds is 4. The van der Waals surface area contributed by atoms with Crippen molar-refractivity contribution in [1.29, 1.82) is 0 Å². The number of phenols is 1. The van der Waals surface area contributed by atoms with E-state index in [1.165, 1.54) is 5.56 Å². The molecule has 7 nitrogen and oxygen atoms in total. The van der Waals surface area contributed by atoms with Crippen LogP contribution in [0.2, 0.25) is 0 Å². The SMILES string of the molecule is OCC1c2ccccc2CCN1c1nc(-c2cccc(O)c2)nc(N2CCC(F)CC2)n1. The highest BCUT2D eigenvalue weighted by Crippen LogP contribution is 2.34. The fourth-order valence-electron chi connectivity index (χ4n) is 4.53.